The number of rotatable bonds is 3. The normalized spacial score (nSPS) is 16.7. The number of nitrogens with zero attached hydrogens (tertiary/aromatic N) is 1. The number of carbonyl (C=O) groups is 2. The van der Waals surface area contributed by atoms with Gasteiger partial charge in [0.25, 0.3) is 5.91 Å². The van der Waals surface area contributed by atoms with Crippen LogP contribution in [0.25, 0.3) is 16.5 Å². The Balaban J connectivity index is 1.87. The van der Waals surface area contributed by atoms with Crippen LogP contribution in [0.15, 0.2) is 48.7 Å². The second-order valence-corrected chi connectivity index (χ2v) is 7.73. The molecule has 6 heteroatoms. The lowest BCUT2D eigenvalue weighted by Gasteiger charge is -2.18. The van der Waals surface area contributed by atoms with Gasteiger partial charge >= 0.3 is 5.97 Å². The first kappa shape index (κ1) is 19.4. The molecule has 0 radical (unpaired) electrons. The zero-order valence-electron chi connectivity index (χ0n) is 15.8. The Labute approximate surface area is 172 Å². The van der Waals surface area contributed by atoms with Crippen LogP contribution >= 0.6 is 11.6 Å². The highest BCUT2D eigenvalue weighted by Crippen LogP contribution is 2.37. The van der Waals surface area contributed by atoms with E-state index in [9.17, 15) is 19.1 Å². The summed E-state index contributed by atoms with van der Waals surface area (Å²) >= 11 is 6.28. The number of hydrogen-bond acceptors (Lipinski definition) is 2. The van der Waals surface area contributed by atoms with Crippen LogP contribution in [0, 0.1) is 18.7 Å². The molecule has 1 unspecified atom stereocenters. The number of aromatic nitrogens is 1. The Morgan fingerprint density at radius 2 is 1.97 bits per heavy atom. The van der Waals surface area contributed by atoms with Crippen molar-refractivity contribution in [2.75, 3.05) is 0 Å². The van der Waals surface area contributed by atoms with Gasteiger partial charge in [0, 0.05) is 17.1 Å². The fraction of sp³-hybridized carbons (Fsp3) is 0.217. The zero-order chi connectivity index (χ0) is 20.7. The van der Waals surface area contributed by atoms with Crippen molar-refractivity contribution in [3.63, 3.8) is 0 Å². The molecule has 0 aliphatic heterocycles. The Morgan fingerprint density at radius 1 is 1.21 bits per heavy atom. The van der Waals surface area contributed by atoms with Crippen molar-refractivity contribution in [2.45, 2.75) is 26.2 Å². The molecule has 148 valence electrons. The van der Waals surface area contributed by atoms with Gasteiger partial charge in [0.1, 0.15) is 5.82 Å². The number of aliphatic carboxylic acids is 1. The van der Waals surface area contributed by atoms with Crippen LogP contribution in [-0.4, -0.2) is 21.6 Å². The monoisotopic (exact) mass is 411 g/mol. The fourth-order valence-corrected chi connectivity index (χ4v) is 4.28. The van der Waals surface area contributed by atoms with Gasteiger partial charge < -0.3 is 5.11 Å². The molecule has 0 amide bonds. The molecule has 4 nitrogen and oxygen atoms in total. The van der Waals surface area contributed by atoms with E-state index in [1.807, 2.05) is 19.1 Å². The lowest BCUT2D eigenvalue weighted by molar-refractivity contribution is -0.141. The molecule has 29 heavy (non-hydrogen) atoms. The van der Waals surface area contributed by atoms with E-state index in [1.165, 1.54) is 10.6 Å². The van der Waals surface area contributed by atoms with E-state index < -0.39 is 17.7 Å². The first-order valence-corrected chi connectivity index (χ1v) is 9.78. The number of carboxylic acids is 1. The molecule has 0 spiro atoms. The Hall–Kier alpha value is -2.92. The van der Waals surface area contributed by atoms with Crippen molar-refractivity contribution in [1.82, 2.24) is 4.57 Å². The van der Waals surface area contributed by atoms with E-state index in [0.29, 0.717) is 46.3 Å². The summed E-state index contributed by atoms with van der Waals surface area (Å²) < 4.78 is 16.2. The number of benzene rings is 2. The number of carboxylic acid groups (broad SMARTS) is 1. The minimum Gasteiger partial charge on any atom is -0.481 e. The highest BCUT2D eigenvalue weighted by atomic mass is 35.5. The maximum atomic E-state index is 14.8. The summed E-state index contributed by atoms with van der Waals surface area (Å²) in [5.74, 6) is -1.99. The average molecular weight is 412 g/mol. The van der Waals surface area contributed by atoms with Gasteiger partial charge in [-0.05, 0) is 55.5 Å². The van der Waals surface area contributed by atoms with Crippen LogP contribution in [0.2, 0.25) is 5.02 Å². The molecule has 1 aliphatic rings. The Morgan fingerprint density at radius 3 is 2.62 bits per heavy atom. The Bertz CT molecular complexity index is 1160. The van der Waals surface area contributed by atoms with E-state index in [2.05, 4.69) is 0 Å². The molecule has 2 aromatic carbocycles. The molecule has 3 aromatic rings. The number of carbonyl (C=O) groups excluding carboxylic acids is 1. The van der Waals surface area contributed by atoms with Crippen molar-refractivity contribution < 1.29 is 19.1 Å². The zero-order valence-corrected chi connectivity index (χ0v) is 16.5. The third kappa shape index (κ3) is 3.36. The molecule has 0 fully saturated rings. The highest BCUT2D eigenvalue weighted by Gasteiger charge is 2.26. The van der Waals surface area contributed by atoms with Gasteiger partial charge in [-0.3, -0.25) is 14.2 Å². The summed E-state index contributed by atoms with van der Waals surface area (Å²) in [6, 6.07) is 9.88. The van der Waals surface area contributed by atoms with Gasteiger partial charge in [0.15, 0.2) is 0 Å². The van der Waals surface area contributed by atoms with Crippen LogP contribution in [0.1, 0.15) is 40.7 Å². The highest BCUT2D eigenvalue weighted by molar-refractivity contribution is 6.34. The van der Waals surface area contributed by atoms with E-state index in [1.54, 1.807) is 30.5 Å². The van der Waals surface area contributed by atoms with Crippen molar-refractivity contribution in [3.05, 3.63) is 76.2 Å². The summed E-state index contributed by atoms with van der Waals surface area (Å²) in [7, 11) is 0. The minimum atomic E-state index is -0.821. The summed E-state index contributed by atoms with van der Waals surface area (Å²) in [4.78, 5) is 24.5. The summed E-state index contributed by atoms with van der Waals surface area (Å²) in [6.07, 6.45) is 4.89. The smallest absolute Gasteiger partial charge is 0.306 e. The molecular weight excluding hydrogens is 393 g/mol. The van der Waals surface area contributed by atoms with E-state index in [-0.39, 0.29) is 5.91 Å². The number of halogens is 2. The Kier molecular flexibility index (Phi) is 5.01. The maximum Gasteiger partial charge on any atom is 0.306 e. The SMILES string of the molecule is Cc1cccc(Cl)c1C(=O)n1cc(C2=CCC(C(=O)O)CC2)c2c(F)cccc21. The van der Waals surface area contributed by atoms with E-state index in [0.717, 1.165) is 11.1 Å². The van der Waals surface area contributed by atoms with E-state index >= 15 is 0 Å². The molecule has 1 aliphatic carbocycles. The van der Waals surface area contributed by atoms with Crippen molar-refractivity contribution >= 4 is 40.0 Å². The number of allylic oxidation sites excluding steroid dienone is 2. The van der Waals surface area contributed by atoms with Crippen molar-refractivity contribution in [2.24, 2.45) is 5.92 Å². The molecule has 1 N–H and O–H groups in total. The van der Waals surface area contributed by atoms with Gasteiger partial charge in [-0.1, -0.05) is 35.9 Å². The number of fused-ring (bicyclic) bond motifs is 1. The summed E-state index contributed by atoms with van der Waals surface area (Å²) in [5.41, 5.74) is 3.07. The third-order valence-corrected chi connectivity index (χ3v) is 5.85. The molecule has 4 rings (SSSR count). The molecular formula is C23H19ClFNO3. The van der Waals surface area contributed by atoms with E-state index in [4.69, 9.17) is 11.6 Å². The fourth-order valence-electron chi connectivity index (χ4n) is 3.98. The second-order valence-electron chi connectivity index (χ2n) is 7.32. The largest absolute Gasteiger partial charge is 0.481 e. The average Bonchev–Trinajstić information content (AvgIpc) is 3.09. The summed E-state index contributed by atoms with van der Waals surface area (Å²) in [5, 5.41) is 9.93. The summed E-state index contributed by atoms with van der Waals surface area (Å²) in [6.45, 7) is 1.81. The number of hydrogen-bond donors (Lipinski definition) is 1. The first-order valence-electron chi connectivity index (χ1n) is 9.40. The van der Waals surface area contributed by atoms with Crippen molar-refractivity contribution in [3.8, 4) is 0 Å². The topological polar surface area (TPSA) is 59.3 Å². The second kappa shape index (κ2) is 7.48. The molecule has 1 aromatic heterocycles. The van der Waals surface area contributed by atoms with Gasteiger partial charge in [0.05, 0.1) is 22.0 Å². The molecule has 1 atom stereocenters. The number of aryl methyl sites for hydroxylation is 1. The quantitative estimate of drug-likeness (QED) is 0.601. The van der Waals surface area contributed by atoms with Gasteiger partial charge in [-0.15, -0.1) is 0 Å². The molecule has 0 saturated carbocycles. The molecule has 0 saturated heterocycles. The maximum absolute atomic E-state index is 14.8. The predicted octanol–water partition coefficient (Wildman–Crippen LogP) is 5.70. The third-order valence-electron chi connectivity index (χ3n) is 5.54. The lowest BCUT2D eigenvalue weighted by atomic mass is 9.86. The van der Waals surface area contributed by atoms with Crippen LogP contribution in [-0.2, 0) is 4.79 Å². The van der Waals surface area contributed by atoms with Crippen LogP contribution in [0.3, 0.4) is 0 Å². The minimum absolute atomic E-state index is 0.324. The van der Waals surface area contributed by atoms with Crippen LogP contribution in [0.5, 0.6) is 0 Å². The van der Waals surface area contributed by atoms with Gasteiger partial charge in [-0.2, -0.15) is 0 Å². The van der Waals surface area contributed by atoms with Gasteiger partial charge in [-0.25, -0.2) is 4.39 Å². The van der Waals surface area contributed by atoms with Crippen molar-refractivity contribution in [1.29, 1.82) is 0 Å². The molecule has 1 heterocycles. The van der Waals surface area contributed by atoms with Crippen LogP contribution < -0.4 is 0 Å². The lowest BCUT2D eigenvalue weighted by Crippen LogP contribution is -2.15. The molecule has 0 bridgehead atoms. The first-order chi connectivity index (χ1) is 13.9. The van der Waals surface area contributed by atoms with Crippen LogP contribution in [0.4, 0.5) is 4.39 Å². The standard InChI is InChI=1S/C23H19ClFNO3/c1-13-4-2-5-17(24)20(13)22(27)26-12-16(21-18(25)6-3-7-19(21)26)14-8-10-15(11-9-14)23(28)29/h2-8,12,15H,9-11H2,1H3,(H,28,29). The van der Waals surface area contributed by atoms with Gasteiger partial charge in [0.2, 0.25) is 0 Å². The predicted molar refractivity (Wildman–Crippen MR) is 111 cm³/mol.